The number of nitrogen functional groups attached to an aromatic ring is 1. The highest BCUT2D eigenvalue weighted by Gasteiger charge is 2.19. The molecule has 0 spiro atoms. The largest absolute Gasteiger partial charge is 0.398 e. The maximum Gasteiger partial charge on any atom is 0.263 e. The lowest BCUT2D eigenvalue weighted by Gasteiger charge is -2.08. The van der Waals surface area contributed by atoms with Gasteiger partial charge in [-0.05, 0) is 63.0 Å². The van der Waals surface area contributed by atoms with E-state index in [-0.39, 0.29) is 4.90 Å². The molecule has 0 unspecified atom stereocenters. The number of nitrogens with two attached hydrogens (primary N) is 1. The Labute approximate surface area is 132 Å². The Morgan fingerprint density at radius 2 is 1.95 bits per heavy atom. The zero-order valence-corrected chi connectivity index (χ0v) is 14.6. The molecule has 1 aromatic carbocycles. The molecule has 2 aromatic rings. The monoisotopic (exact) mass is 424 g/mol. The Morgan fingerprint density at radius 3 is 2.47 bits per heavy atom. The topological polar surface area (TPSA) is 72.2 Å². The van der Waals surface area contributed by atoms with Gasteiger partial charge in [0.15, 0.2) is 0 Å². The summed E-state index contributed by atoms with van der Waals surface area (Å²) in [7, 11) is -3.59. The van der Waals surface area contributed by atoms with Gasteiger partial charge >= 0.3 is 0 Å². The Bertz CT molecular complexity index is 726. The second-order valence-corrected chi connectivity index (χ2v) is 8.95. The molecule has 0 aliphatic carbocycles. The van der Waals surface area contributed by atoms with Crippen LogP contribution in [0.15, 0.2) is 37.4 Å². The summed E-state index contributed by atoms with van der Waals surface area (Å²) in [6.45, 7) is 1.76. The first-order chi connectivity index (χ1) is 8.79. The van der Waals surface area contributed by atoms with Gasteiger partial charge in [0.1, 0.15) is 4.90 Å². The molecule has 0 aliphatic heterocycles. The van der Waals surface area contributed by atoms with Crippen LogP contribution < -0.4 is 10.5 Å². The summed E-state index contributed by atoms with van der Waals surface area (Å²) in [4.78, 5) is 0.996. The molecule has 19 heavy (non-hydrogen) atoms. The molecule has 0 atom stereocenters. The van der Waals surface area contributed by atoms with Gasteiger partial charge in [0, 0.05) is 15.0 Å². The van der Waals surface area contributed by atoms with Crippen molar-refractivity contribution in [3.63, 3.8) is 0 Å². The molecule has 0 radical (unpaired) electrons. The first-order valence-corrected chi connectivity index (χ1v) is 9.02. The minimum Gasteiger partial charge on any atom is -0.398 e. The van der Waals surface area contributed by atoms with Crippen molar-refractivity contribution in [2.24, 2.45) is 0 Å². The molecule has 0 saturated heterocycles. The first kappa shape index (κ1) is 14.8. The Kier molecular flexibility index (Phi) is 4.24. The number of sulfonamides is 1. The van der Waals surface area contributed by atoms with Crippen molar-refractivity contribution in [3.8, 4) is 0 Å². The van der Waals surface area contributed by atoms with E-state index in [1.807, 2.05) is 0 Å². The second kappa shape index (κ2) is 5.43. The summed E-state index contributed by atoms with van der Waals surface area (Å²) in [5.41, 5.74) is 6.63. The van der Waals surface area contributed by atoms with Crippen LogP contribution in [0.2, 0.25) is 0 Å². The minimum atomic E-state index is -3.59. The summed E-state index contributed by atoms with van der Waals surface area (Å²) >= 11 is 7.92. The van der Waals surface area contributed by atoms with Crippen LogP contribution in [-0.4, -0.2) is 8.42 Å². The zero-order valence-electron chi connectivity index (χ0n) is 9.78. The molecular weight excluding hydrogens is 416 g/mol. The molecule has 3 N–H and O–H groups in total. The molecule has 0 bridgehead atoms. The van der Waals surface area contributed by atoms with E-state index in [9.17, 15) is 8.42 Å². The van der Waals surface area contributed by atoms with Gasteiger partial charge in [-0.1, -0.05) is 0 Å². The lowest BCUT2D eigenvalue weighted by Crippen LogP contribution is -2.13. The average Bonchev–Trinajstić information content (AvgIpc) is 2.63. The average molecular weight is 426 g/mol. The number of hydrogen-bond acceptors (Lipinski definition) is 4. The highest BCUT2D eigenvalue weighted by Crippen LogP contribution is 2.31. The predicted molar refractivity (Wildman–Crippen MR) is 86.1 cm³/mol. The fourth-order valence-electron chi connectivity index (χ4n) is 1.51. The van der Waals surface area contributed by atoms with E-state index in [0.29, 0.717) is 11.4 Å². The van der Waals surface area contributed by atoms with Crippen molar-refractivity contribution in [1.29, 1.82) is 0 Å². The van der Waals surface area contributed by atoms with Crippen molar-refractivity contribution in [3.05, 3.63) is 37.4 Å². The van der Waals surface area contributed by atoms with Gasteiger partial charge in [-0.15, -0.1) is 11.3 Å². The van der Waals surface area contributed by atoms with E-state index >= 15 is 0 Å². The van der Waals surface area contributed by atoms with E-state index in [1.54, 1.807) is 31.2 Å². The smallest absolute Gasteiger partial charge is 0.263 e. The second-order valence-electron chi connectivity index (χ2n) is 3.81. The fraction of sp³-hybridized carbons (Fsp3) is 0.0909. The van der Waals surface area contributed by atoms with Gasteiger partial charge in [-0.25, -0.2) is 8.42 Å². The van der Waals surface area contributed by atoms with Gasteiger partial charge in [0.05, 0.1) is 9.47 Å². The third-order valence-corrected chi connectivity index (χ3v) is 6.29. The molecule has 1 aromatic heterocycles. The standard InChI is InChI=1S/C11H10Br2N2O2S2/c1-6-10(5-11(13)18-6)19(16,17)15-7-2-3-8(12)9(14)4-7/h2-5,15H,14H2,1H3. The van der Waals surface area contributed by atoms with Gasteiger partial charge < -0.3 is 5.73 Å². The Hall–Kier alpha value is -0.570. The molecule has 0 amide bonds. The highest BCUT2D eigenvalue weighted by molar-refractivity contribution is 9.11. The Morgan fingerprint density at radius 1 is 1.26 bits per heavy atom. The maximum absolute atomic E-state index is 12.3. The molecule has 4 nitrogen and oxygen atoms in total. The summed E-state index contributed by atoms with van der Waals surface area (Å²) in [5.74, 6) is 0. The van der Waals surface area contributed by atoms with Crippen molar-refractivity contribution in [2.45, 2.75) is 11.8 Å². The van der Waals surface area contributed by atoms with Crippen LogP contribution in [0.4, 0.5) is 11.4 Å². The van der Waals surface area contributed by atoms with Crippen LogP contribution in [0.3, 0.4) is 0 Å². The molecule has 0 aliphatic rings. The minimum absolute atomic E-state index is 0.269. The third-order valence-electron chi connectivity index (χ3n) is 2.38. The van der Waals surface area contributed by atoms with Crippen LogP contribution in [-0.2, 0) is 10.0 Å². The number of thiophene rings is 1. The number of aryl methyl sites for hydroxylation is 1. The lowest BCUT2D eigenvalue weighted by atomic mass is 10.3. The molecule has 1 heterocycles. The van der Waals surface area contributed by atoms with E-state index in [0.717, 1.165) is 13.1 Å². The van der Waals surface area contributed by atoms with Crippen LogP contribution in [0, 0.1) is 6.92 Å². The zero-order chi connectivity index (χ0) is 14.2. The van der Waals surface area contributed by atoms with Crippen molar-refractivity contribution in [2.75, 3.05) is 10.5 Å². The lowest BCUT2D eigenvalue weighted by molar-refractivity contribution is 0.601. The summed E-state index contributed by atoms with van der Waals surface area (Å²) in [6, 6.07) is 6.50. The molecule has 0 fully saturated rings. The van der Waals surface area contributed by atoms with Crippen molar-refractivity contribution < 1.29 is 8.42 Å². The normalized spacial score (nSPS) is 11.5. The van der Waals surface area contributed by atoms with E-state index in [1.165, 1.54) is 11.3 Å². The number of anilines is 2. The Balaban J connectivity index is 2.36. The predicted octanol–water partition coefficient (Wildman–Crippen LogP) is 3.96. The first-order valence-electron chi connectivity index (χ1n) is 5.13. The molecular formula is C11H10Br2N2O2S2. The molecule has 8 heteroatoms. The van der Waals surface area contributed by atoms with Gasteiger partial charge in [0.2, 0.25) is 0 Å². The summed E-state index contributed by atoms with van der Waals surface area (Å²) in [6.07, 6.45) is 0. The highest BCUT2D eigenvalue weighted by atomic mass is 79.9. The van der Waals surface area contributed by atoms with Crippen LogP contribution >= 0.6 is 43.2 Å². The van der Waals surface area contributed by atoms with Crippen molar-refractivity contribution >= 4 is 64.6 Å². The third kappa shape index (κ3) is 3.31. The summed E-state index contributed by atoms with van der Waals surface area (Å²) < 4.78 is 28.5. The van der Waals surface area contributed by atoms with Crippen molar-refractivity contribution in [1.82, 2.24) is 0 Å². The number of benzene rings is 1. The molecule has 0 saturated carbocycles. The van der Waals surface area contributed by atoms with E-state index < -0.39 is 10.0 Å². The SMILES string of the molecule is Cc1sc(Br)cc1S(=O)(=O)Nc1ccc(Br)c(N)c1. The van der Waals surface area contributed by atoms with Crippen LogP contribution in [0.1, 0.15) is 4.88 Å². The molecule has 102 valence electrons. The number of rotatable bonds is 3. The van der Waals surface area contributed by atoms with Gasteiger partial charge in [0.25, 0.3) is 10.0 Å². The van der Waals surface area contributed by atoms with Gasteiger partial charge in [-0.3, -0.25) is 4.72 Å². The number of hydrogen-bond donors (Lipinski definition) is 2. The quantitative estimate of drug-likeness (QED) is 0.730. The van der Waals surface area contributed by atoms with Gasteiger partial charge in [-0.2, -0.15) is 0 Å². The fourth-order valence-corrected chi connectivity index (χ4v) is 5.23. The van der Waals surface area contributed by atoms with Crippen LogP contribution in [0.25, 0.3) is 0 Å². The summed E-state index contributed by atoms with van der Waals surface area (Å²) in [5, 5.41) is 0. The van der Waals surface area contributed by atoms with E-state index in [2.05, 4.69) is 36.6 Å². The number of nitrogens with one attached hydrogen (secondary N) is 1. The molecule has 2 rings (SSSR count). The maximum atomic E-state index is 12.3. The van der Waals surface area contributed by atoms with Crippen LogP contribution in [0.5, 0.6) is 0 Å². The van der Waals surface area contributed by atoms with E-state index in [4.69, 9.17) is 5.73 Å². The number of halogens is 2.